The Balaban J connectivity index is 0. The molecule has 0 aromatic heterocycles. The Hall–Kier alpha value is -0.545. The number of esters is 1. The van der Waals surface area contributed by atoms with E-state index in [0.29, 0.717) is 0 Å². The fraction of sp³-hybridized carbons (Fsp3) is 0.667. The van der Waals surface area contributed by atoms with Crippen molar-refractivity contribution in [3.63, 3.8) is 0 Å². The largest absolute Gasteiger partial charge is 0.482 e. The summed E-state index contributed by atoms with van der Waals surface area (Å²) in [7, 11) is 1.35. The van der Waals surface area contributed by atoms with E-state index >= 15 is 0 Å². The van der Waals surface area contributed by atoms with Gasteiger partial charge in [0.2, 0.25) is 0 Å². The highest BCUT2D eigenvalue weighted by molar-refractivity contribution is 6.13. The molecule has 0 bridgehead atoms. The van der Waals surface area contributed by atoms with Crippen LogP contribution in [0.25, 0.3) is 0 Å². The molecule has 47 valence electrons. The van der Waals surface area contributed by atoms with Gasteiger partial charge in [-0.25, -0.2) is 0 Å². The molecule has 0 rings (SSSR count). The van der Waals surface area contributed by atoms with Crippen molar-refractivity contribution in [3.05, 3.63) is 0 Å². The zero-order valence-corrected chi connectivity index (χ0v) is 4.79. The van der Waals surface area contributed by atoms with E-state index in [1.807, 2.05) is 0 Å². The van der Waals surface area contributed by atoms with Crippen LogP contribution in [0, 0.1) is 0 Å². The Morgan fingerprint density at radius 2 is 1.75 bits per heavy atom. The van der Waals surface area contributed by atoms with E-state index in [0.717, 1.165) is 0 Å². The smallest absolute Gasteiger partial charge is 0.469 e. The molecule has 8 heavy (non-hydrogen) atoms. The average Bonchev–Trinajstić information content (AvgIpc) is 1.69. The molecule has 0 amide bonds. The van der Waals surface area contributed by atoms with E-state index in [9.17, 15) is 4.79 Å². The molecule has 0 spiro atoms. The third kappa shape index (κ3) is 51.1. The van der Waals surface area contributed by atoms with Gasteiger partial charge in [-0.2, -0.15) is 0 Å². The van der Waals surface area contributed by atoms with Gasteiger partial charge in [-0.15, -0.1) is 0 Å². The van der Waals surface area contributed by atoms with Crippen LogP contribution in [0.1, 0.15) is 6.92 Å². The lowest BCUT2D eigenvalue weighted by Crippen LogP contribution is -1.88. The van der Waals surface area contributed by atoms with Crippen molar-refractivity contribution in [2.24, 2.45) is 0 Å². The molecule has 5 heteroatoms. The first-order valence-electron chi connectivity index (χ1n) is 1.83. The SMILES string of the molecule is COC(C)=O.O[B]O. The van der Waals surface area contributed by atoms with Gasteiger partial charge in [-0.05, 0) is 0 Å². The van der Waals surface area contributed by atoms with Gasteiger partial charge in [-0.1, -0.05) is 0 Å². The number of carbonyl (C=O) groups excluding carboxylic acids is 1. The van der Waals surface area contributed by atoms with Crippen LogP contribution < -0.4 is 0 Å². The van der Waals surface area contributed by atoms with Crippen LogP contribution in [0.2, 0.25) is 0 Å². The molecule has 2 N–H and O–H groups in total. The van der Waals surface area contributed by atoms with E-state index < -0.39 is 0 Å². The van der Waals surface area contributed by atoms with Gasteiger partial charge in [-0.3, -0.25) is 4.79 Å². The zero-order valence-electron chi connectivity index (χ0n) is 4.79. The summed E-state index contributed by atoms with van der Waals surface area (Å²) in [5, 5.41) is 14.0. The Bertz CT molecular complexity index is 55.2. The summed E-state index contributed by atoms with van der Waals surface area (Å²) in [6, 6.07) is 0. The molecule has 0 saturated heterocycles. The van der Waals surface area contributed by atoms with Crippen molar-refractivity contribution in [3.8, 4) is 0 Å². The van der Waals surface area contributed by atoms with Crippen LogP contribution in [-0.2, 0) is 9.53 Å². The molecule has 0 saturated carbocycles. The van der Waals surface area contributed by atoms with Gasteiger partial charge in [0.05, 0.1) is 7.11 Å². The number of hydrogen-bond donors (Lipinski definition) is 2. The molecule has 0 unspecified atom stereocenters. The van der Waals surface area contributed by atoms with Crippen LogP contribution in [-0.4, -0.2) is 30.8 Å². The molecule has 1 radical (unpaired) electrons. The van der Waals surface area contributed by atoms with E-state index in [1.54, 1.807) is 0 Å². The van der Waals surface area contributed by atoms with Gasteiger partial charge in [0, 0.05) is 6.92 Å². The van der Waals surface area contributed by atoms with E-state index in [1.165, 1.54) is 14.0 Å². The standard InChI is InChI=1S/C3H6O2.BH2O2/c1-3(4)5-2;2-1-3/h1-2H3;2-3H. The van der Waals surface area contributed by atoms with E-state index in [-0.39, 0.29) is 13.7 Å². The van der Waals surface area contributed by atoms with Crippen LogP contribution in [0.3, 0.4) is 0 Å². The summed E-state index contributed by atoms with van der Waals surface area (Å²) in [6.07, 6.45) is 0. The predicted molar refractivity (Wildman–Crippen MR) is 27.9 cm³/mol. The maximum absolute atomic E-state index is 9.59. The first kappa shape index (κ1) is 10.4. The summed E-state index contributed by atoms with van der Waals surface area (Å²) in [5.41, 5.74) is 0. The first-order chi connectivity index (χ1) is 3.68. The lowest BCUT2D eigenvalue weighted by Gasteiger charge is -1.80. The van der Waals surface area contributed by atoms with Crippen molar-refractivity contribution >= 4 is 13.7 Å². The highest BCUT2D eigenvalue weighted by Gasteiger charge is 1.75. The predicted octanol–water partition coefficient (Wildman–Crippen LogP) is -1.32. The first-order valence-corrected chi connectivity index (χ1v) is 1.83. The minimum Gasteiger partial charge on any atom is -0.469 e. The minimum absolute atomic E-state index is 0. The topological polar surface area (TPSA) is 66.8 Å². The molecule has 0 aromatic rings. The van der Waals surface area contributed by atoms with Gasteiger partial charge in [0.15, 0.2) is 0 Å². The highest BCUT2D eigenvalue weighted by Crippen LogP contribution is 1.60. The second-order valence-electron chi connectivity index (χ2n) is 0.811. The second kappa shape index (κ2) is 9.68. The summed E-state index contributed by atoms with van der Waals surface area (Å²) < 4.78 is 4.11. The summed E-state index contributed by atoms with van der Waals surface area (Å²) in [5.74, 6) is -0.245. The number of carbonyl (C=O) groups is 1. The Kier molecular flexibility index (Phi) is 12.6. The van der Waals surface area contributed by atoms with Crippen LogP contribution in [0.5, 0.6) is 0 Å². The Morgan fingerprint density at radius 3 is 1.75 bits per heavy atom. The monoisotopic (exact) mass is 119 g/mol. The van der Waals surface area contributed by atoms with Crippen molar-refractivity contribution in [2.45, 2.75) is 6.92 Å². The molecular formula is C3H8BO4. The van der Waals surface area contributed by atoms with E-state index in [2.05, 4.69) is 4.74 Å². The fourth-order valence-corrected chi connectivity index (χ4v) is 0. The van der Waals surface area contributed by atoms with Crippen LogP contribution in [0.4, 0.5) is 0 Å². The van der Waals surface area contributed by atoms with Crippen LogP contribution >= 0.6 is 0 Å². The third-order valence-corrected chi connectivity index (χ3v) is 0.287. The van der Waals surface area contributed by atoms with Crippen LogP contribution in [0.15, 0.2) is 0 Å². The molecular weight excluding hydrogens is 111 g/mol. The number of rotatable bonds is 0. The summed E-state index contributed by atoms with van der Waals surface area (Å²) in [6.45, 7) is 1.36. The molecule has 0 aromatic carbocycles. The molecule has 0 atom stereocenters. The summed E-state index contributed by atoms with van der Waals surface area (Å²) >= 11 is 0. The number of ether oxygens (including phenoxy) is 1. The van der Waals surface area contributed by atoms with Crippen molar-refractivity contribution in [2.75, 3.05) is 7.11 Å². The number of methoxy groups -OCH3 is 1. The molecule has 0 aliphatic carbocycles. The minimum atomic E-state index is -0.245. The highest BCUT2D eigenvalue weighted by atomic mass is 16.5. The third-order valence-electron chi connectivity index (χ3n) is 0.287. The zero-order chi connectivity index (χ0) is 6.99. The number of hydrogen-bond acceptors (Lipinski definition) is 4. The molecule has 0 aliphatic rings. The van der Waals surface area contributed by atoms with Gasteiger partial charge < -0.3 is 14.8 Å². The lowest BCUT2D eigenvalue weighted by molar-refractivity contribution is -0.137. The molecule has 0 fully saturated rings. The van der Waals surface area contributed by atoms with Gasteiger partial charge in [0.1, 0.15) is 0 Å². The van der Waals surface area contributed by atoms with Crippen molar-refractivity contribution < 1.29 is 19.6 Å². The Labute approximate surface area is 48.4 Å². The normalized spacial score (nSPS) is 6.00. The van der Waals surface area contributed by atoms with Crippen molar-refractivity contribution in [1.29, 1.82) is 0 Å². The molecule has 0 aliphatic heterocycles. The van der Waals surface area contributed by atoms with Gasteiger partial charge >= 0.3 is 13.7 Å². The summed E-state index contributed by atoms with van der Waals surface area (Å²) in [4.78, 5) is 9.59. The second-order valence-corrected chi connectivity index (χ2v) is 0.811. The maximum atomic E-state index is 9.59. The molecule has 0 heterocycles. The van der Waals surface area contributed by atoms with Gasteiger partial charge in [0.25, 0.3) is 0 Å². The van der Waals surface area contributed by atoms with Crippen molar-refractivity contribution in [1.82, 2.24) is 0 Å². The fourth-order valence-electron chi connectivity index (χ4n) is 0. The Morgan fingerprint density at radius 1 is 1.62 bits per heavy atom. The average molecular weight is 119 g/mol. The maximum Gasteiger partial charge on any atom is 0.482 e. The molecule has 4 nitrogen and oxygen atoms in total. The quantitative estimate of drug-likeness (QED) is 0.306. The van der Waals surface area contributed by atoms with E-state index in [4.69, 9.17) is 10.0 Å². The lowest BCUT2D eigenvalue weighted by atomic mass is 10.5.